The van der Waals surface area contributed by atoms with Crippen LogP contribution in [0.25, 0.3) is 0 Å². The van der Waals surface area contributed by atoms with Gasteiger partial charge in [-0.3, -0.25) is 0 Å². The van der Waals surface area contributed by atoms with Gasteiger partial charge in [0.15, 0.2) is 0 Å². The van der Waals surface area contributed by atoms with Gasteiger partial charge in [-0.25, -0.2) is 4.79 Å². The van der Waals surface area contributed by atoms with E-state index >= 15 is 0 Å². The van der Waals surface area contributed by atoms with Crippen molar-refractivity contribution >= 4 is 5.97 Å². The number of allylic oxidation sites excluding steroid dienone is 2. The van der Waals surface area contributed by atoms with E-state index in [9.17, 15) is 4.79 Å². The van der Waals surface area contributed by atoms with Crippen molar-refractivity contribution < 1.29 is 14.3 Å². The fourth-order valence-corrected chi connectivity index (χ4v) is 5.57. The van der Waals surface area contributed by atoms with E-state index in [0.29, 0.717) is 16.7 Å². The van der Waals surface area contributed by atoms with Crippen LogP contribution in [0.2, 0.25) is 0 Å². The van der Waals surface area contributed by atoms with Gasteiger partial charge in [-0.15, -0.1) is 0 Å². The van der Waals surface area contributed by atoms with Gasteiger partial charge in [0.2, 0.25) is 6.29 Å². The first kappa shape index (κ1) is 17.7. The normalized spacial score (nSPS) is 42.2. The maximum absolute atomic E-state index is 11.6. The van der Waals surface area contributed by atoms with E-state index in [1.54, 1.807) is 18.8 Å². The second kappa shape index (κ2) is 6.33. The van der Waals surface area contributed by atoms with Crippen LogP contribution in [-0.4, -0.2) is 19.4 Å². The van der Waals surface area contributed by atoms with Gasteiger partial charge in [-0.2, -0.15) is 0 Å². The van der Waals surface area contributed by atoms with E-state index in [1.165, 1.54) is 25.7 Å². The first-order valence-corrected chi connectivity index (χ1v) is 9.42. The van der Waals surface area contributed by atoms with Gasteiger partial charge in [-0.05, 0) is 68.1 Å². The minimum atomic E-state index is -0.473. The zero-order valence-electron chi connectivity index (χ0n) is 15.9. The Hall–Kier alpha value is -1.09. The Morgan fingerprint density at radius 2 is 2.08 bits per heavy atom. The van der Waals surface area contributed by atoms with Crippen LogP contribution >= 0.6 is 0 Å². The fourth-order valence-electron chi connectivity index (χ4n) is 5.57. The molecule has 0 saturated heterocycles. The first-order chi connectivity index (χ1) is 11.3. The molecule has 3 rings (SSSR count). The molecule has 0 aromatic heterocycles. The number of fused-ring (bicyclic) bond motifs is 1. The highest BCUT2D eigenvalue weighted by Gasteiger charge is 2.53. The topological polar surface area (TPSA) is 35.5 Å². The van der Waals surface area contributed by atoms with Crippen molar-refractivity contribution in [3.63, 3.8) is 0 Å². The molecule has 134 valence electrons. The van der Waals surface area contributed by atoms with Crippen LogP contribution in [0.4, 0.5) is 0 Å². The standard InChI is InChI=1S/C21H32O3/c1-14-7-6-8-17-20(14,3)11-9-15(2)21(17,4)12-10-16-13-18(22)24-19(16)23-5/h7,13,15,17,19H,6,8-12H2,1-5H3. The van der Waals surface area contributed by atoms with Crippen LogP contribution in [0.5, 0.6) is 0 Å². The number of cyclic esters (lactones) is 1. The van der Waals surface area contributed by atoms with Gasteiger partial charge < -0.3 is 9.47 Å². The summed E-state index contributed by atoms with van der Waals surface area (Å²) in [6.45, 7) is 9.71. The summed E-state index contributed by atoms with van der Waals surface area (Å²) >= 11 is 0. The molecule has 1 saturated carbocycles. The number of hydrogen-bond donors (Lipinski definition) is 0. The Bertz CT molecular complexity index is 576. The Morgan fingerprint density at radius 3 is 2.79 bits per heavy atom. The van der Waals surface area contributed by atoms with Gasteiger partial charge in [0.25, 0.3) is 0 Å². The summed E-state index contributed by atoms with van der Waals surface area (Å²) in [6, 6.07) is 0. The van der Waals surface area contributed by atoms with Crippen molar-refractivity contribution in [1.82, 2.24) is 0 Å². The summed E-state index contributed by atoms with van der Waals surface area (Å²) in [6.07, 6.45) is 10.7. The molecule has 0 N–H and O–H groups in total. The zero-order chi connectivity index (χ0) is 17.5. The summed E-state index contributed by atoms with van der Waals surface area (Å²) in [5.41, 5.74) is 3.24. The molecule has 0 aromatic carbocycles. The molecule has 0 spiro atoms. The average molecular weight is 332 g/mol. The minimum absolute atomic E-state index is 0.264. The maximum Gasteiger partial charge on any atom is 0.333 e. The Morgan fingerprint density at radius 1 is 1.33 bits per heavy atom. The highest BCUT2D eigenvalue weighted by molar-refractivity contribution is 5.85. The largest absolute Gasteiger partial charge is 0.428 e. The van der Waals surface area contributed by atoms with Gasteiger partial charge in [0, 0.05) is 18.8 Å². The third kappa shape index (κ3) is 2.75. The minimum Gasteiger partial charge on any atom is -0.428 e. The van der Waals surface area contributed by atoms with Crippen LogP contribution in [0.1, 0.15) is 66.2 Å². The second-order valence-corrected chi connectivity index (χ2v) is 8.60. The molecule has 0 amide bonds. The van der Waals surface area contributed by atoms with Crippen molar-refractivity contribution in [3.8, 4) is 0 Å². The van der Waals surface area contributed by atoms with E-state index in [0.717, 1.165) is 24.3 Å². The molecule has 1 aliphatic heterocycles. The Labute approximate surface area is 146 Å². The molecule has 3 nitrogen and oxygen atoms in total. The lowest BCUT2D eigenvalue weighted by atomic mass is 9.47. The lowest BCUT2D eigenvalue weighted by molar-refractivity contribution is -0.155. The Kier molecular flexibility index (Phi) is 4.67. The number of rotatable bonds is 4. The van der Waals surface area contributed by atoms with Crippen LogP contribution in [0.15, 0.2) is 23.3 Å². The predicted octanol–water partition coefficient (Wildman–Crippen LogP) is 5.02. The highest BCUT2D eigenvalue weighted by atomic mass is 16.7. The zero-order valence-corrected chi connectivity index (χ0v) is 15.9. The lowest BCUT2D eigenvalue weighted by Crippen LogP contribution is -2.49. The molecular weight excluding hydrogens is 300 g/mol. The molecule has 5 atom stereocenters. The van der Waals surface area contributed by atoms with Gasteiger partial charge in [0.05, 0.1) is 0 Å². The fraction of sp³-hybridized carbons (Fsp3) is 0.762. The summed E-state index contributed by atoms with van der Waals surface area (Å²) in [4.78, 5) is 11.6. The number of esters is 1. The van der Waals surface area contributed by atoms with E-state index in [-0.39, 0.29) is 5.97 Å². The van der Waals surface area contributed by atoms with Crippen LogP contribution in [0.3, 0.4) is 0 Å². The molecule has 1 fully saturated rings. The number of methoxy groups -OCH3 is 1. The van der Waals surface area contributed by atoms with Crippen molar-refractivity contribution in [2.24, 2.45) is 22.7 Å². The van der Waals surface area contributed by atoms with Crippen molar-refractivity contribution in [2.75, 3.05) is 7.11 Å². The van der Waals surface area contributed by atoms with Crippen molar-refractivity contribution in [2.45, 2.75) is 72.5 Å². The average Bonchev–Trinajstić information content (AvgIpc) is 2.92. The molecule has 3 aliphatic rings. The number of carbonyl (C=O) groups is 1. The second-order valence-electron chi connectivity index (χ2n) is 8.60. The third-order valence-corrected chi connectivity index (χ3v) is 7.59. The van der Waals surface area contributed by atoms with E-state index < -0.39 is 6.29 Å². The monoisotopic (exact) mass is 332 g/mol. The summed E-state index contributed by atoms with van der Waals surface area (Å²) < 4.78 is 10.5. The molecule has 2 aliphatic carbocycles. The number of ether oxygens (including phenoxy) is 2. The van der Waals surface area contributed by atoms with E-state index in [4.69, 9.17) is 9.47 Å². The third-order valence-electron chi connectivity index (χ3n) is 7.59. The summed E-state index contributed by atoms with van der Waals surface area (Å²) in [5, 5.41) is 0. The smallest absolute Gasteiger partial charge is 0.333 e. The van der Waals surface area contributed by atoms with Crippen LogP contribution in [0, 0.1) is 22.7 Å². The number of hydrogen-bond acceptors (Lipinski definition) is 3. The summed E-state index contributed by atoms with van der Waals surface area (Å²) in [7, 11) is 1.61. The van der Waals surface area contributed by atoms with Crippen molar-refractivity contribution in [3.05, 3.63) is 23.3 Å². The number of carbonyl (C=O) groups excluding carboxylic acids is 1. The predicted molar refractivity (Wildman–Crippen MR) is 95.3 cm³/mol. The van der Waals surface area contributed by atoms with Gasteiger partial charge in [-0.1, -0.05) is 32.4 Å². The molecule has 0 bridgehead atoms. The van der Waals surface area contributed by atoms with Crippen molar-refractivity contribution in [1.29, 1.82) is 0 Å². The molecular formula is C21H32O3. The molecule has 0 aromatic rings. The van der Waals surface area contributed by atoms with E-state index in [1.807, 2.05) is 0 Å². The van der Waals surface area contributed by atoms with Crippen LogP contribution in [-0.2, 0) is 14.3 Å². The Balaban J connectivity index is 1.81. The maximum atomic E-state index is 11.6. The van der Waals surface area contributed by atoms with Gasteiger partial charge >= 0.3 is 5.97 Å². The first-order valence-electron chi connectivity index (χ1n) is 9.42. The molecule has 5 unspecified atom stereocenters. The summed E-state index contributed by atoms with van der Waals surface area (Å²) in [5.74, 6) is 1.17. The van der Waals surface area contributed by atoms with Crippen LogP contribution < -0.4 is 0 Å². The quantitative estimate of drug-likeness (QED) is 0.535. The van der Waals surface area contributed by atoms with Gasteiger partial charge in [0.1, 0.15) is 0 Å². The molecule has 1 heterocycles. The lowest BCUT2D eigenvalue weighted by Gasteiger charge is -2.58. The molecule has 0 radical (unpaired) electrons. The molecule has 24 heavy (non-hydrogen) atoms. The highest BCUT2D eigenvalue weighted by Crippen LogP contribution is 2.62. The van der Waals surface area contributed by atoms with E-state index in [2.05, 4.69) is 33.8 Å². The SMILES string of the molecule is COC1OC(=O)C=C1CCC1(C)C(C)CCC2(C)C(C)=CCCC21. The molecule has 3 heteroatoms.